The molecule has 0 aromatic carbocycles. The van der Waals surface area contributed by atoms with Crippen molar-refractivity contribution >= 4 is 11.8 Å². The minimum atomic E-state index is -0.115. The quantitative estimate of drug-likeness (QED) is 0.705. The third-order valence-electron chi connectivity index (χ3n) is 2.63. The molecule has 5 nitrogen and oxygen atoms in total. The van der Waals surface area contributed by atoms with Crippen molar-refractivity contribution < 1.29 is 9.59 Å². The van der Waals surface area contributed by atoms with E-state index in [1.165, 1.54) is 4.90 Å². The molecule has 0 heterocycles. The van der Waals surface area contributed by atoms with Crippen LogP contribution < -0.4 is 5.73 Å². The van der Waals surface area contributed by atoms with Gasteiger partial charge in [-0.25, -0.2) is 0 Å². The molecule has 0 aliphatic carbocycles. The number of likely N-dealkylation sites (N-methyl/N-ethyl adjacent to an activating group) is 1. The van der Waals surface area contributed by atoms with Crippen molar-refractivity contribution in [3.8, 4) is 0 Å². The van der Waals surface area contributed by atoms with Crippen LogP contribution in [0.25, 0.3) is 0 Å². The molecule has 0 saturated carbocycles. The van der Waals surface area contributed by atoms with Crippen molar-refractivity contribution in [1.29, 1.82) is 0 Å². The normalized spacial score (nSPS) is 12.1. The summed E-state index contributed by atoms with van der Waals surface area (Å²) in [6.07, 6.45) is 1.93. The summed E-state index contributed by atoms with van der Waals surface area (Å²) in [5, 5.41) is 0. The summed E-state index contributed by atoms with van der Waals surface area (Å²) in [5.74, 6) is -0.0896. The van der Waals surface area contributed by atoms with Crippen molar-refractivity contribution in [2.24, 2.45) is 5.73 Å². The number of nitrogens with two attached hydrogens (primary N) is 1. The van der Waals surface area contributed by atoms with Crippen LogP contribution in [0, 0.1) is 0 Å². The highest BCUT2D eigenvalue weighted by atomic mass is 16.2. The summed E-state index contributed by atoms with van der Waals surface area (Å²) >= 11 is 0. The van der Waals surface area contributed by atoms with Crippen LogP contribution in [0.3, 0.4) is 0 Å². The van der Waals surface area contributed by atoms with Crippen LogP contribution in [0.1, 0.15) is 33.1 Å². The number of carbonyl (C=O) groups excluding carboxylic acids is 2. The Balaban J connectivity index is 4.40. The molecule has 1 unspecified atom stereocenters. The predicted octanol–water partition coefficient (Wildman–Crippen LogP) is 0.441. The zero-order valence-electron chi connectivity index (χ0n) is 11.4. The Morgan fingerprint density at radius 3 is 2.18 bits per heavy atom. The van der Waals surface area contributed by atoms with E-state index in [-0.39, 0.29) is 24.4 Å². The van der Waals surface area contributed by atoms with Gasteiger partial charge in [-0.2, -0.15) is 0 Å². The van der Waals surface area contributed by atoms with Gasteiger partial charge < -0.3 is 15.5 Å². The Morgan fingerprint density at radius 2 is 1.76 bits per heavy atom. The fraction of sp³-hybridized carbons (Fsp3) is 0.833. The molecule has 0 radical (unpaired) electrons. The van der Waals surface area contributed by atoms with Crippen molar-refractivity contribution in [3.63, 3.8) is 0 Å². The van der Waals surface area contributed by atoms with E-state index in [9.17, 15) is 9.59 Å². The maximum absolute atomic E-state index is 11.9. The molecule has 0 aromatic rings. The molecule has 0 fully saturated rings. The molecular weight excluding hydrogens is 218 g/mol. The Bertz CT molecular complexity index is 254. The minimum absolute atomic E-state index is 0.0311. The van der Waals surface area contributed by atoms with E-state index in [0.717, 1.165) is 12.8 Å². The van der Waals surface area contributed by atoms with Gasteiger partial charge in [0.1, 0.15) is 0 Å². The van der Waals surface area contributed by atoms with Gasteiger partial charge in [0.2, 0.25) is 11.8 Å². The van der Waals surface area contributed by atoms with E-state index >= 15 is 0 Å². The van der Waals surface area contributed by atoms with E-state index in [0.29, 0.717) is 13.0 Å². The van der Waals surface area contributed by atoms with Crippen LogP contribution in [0.15, 0.2) is 0 Å². The third kappa shape index (κ3) is 6.26. The van der Waals surface area contributed by atoms with E-state index in [2.05, 4.69) is 0 Å². The number of amides is 2. The molecule has 2 amide bonds. The number of rotatable bonds is 7. The van der Waals surface area contributed by atoms with Gasteiger partial charge in [0.05, 0.1) is 6.54 Å². The maximum Gasteiger partial charge on any atom is 0.241 e. The molecule has 17 heavy (non-hydrogen) atoms. The largest absolute Gasteiger partial charge is 0.347 e. The van der Waals surface area contributed by atoms with Crippen molar-refractivity contribution in [2.75, 3.05) is 27.2 Å². The highest BCUT2D eigenvalue weighted by Gasteiger charge is 2.18. The minimum Gasteiger partial charge on any atom is -0.347 e. The van der Waals surface area contributed by atoms with Crippen molar-refractivity contribution in [1.82, 2.24) is 9.80 Å². The number of nitrogens with zero attached hydrogens (tertiary/aromatic N) is 2. The fourth-order valence-electron chi connectivity index (χ4n) is 1.36. The van der Waals surface area contributed by atoms with Gasteiger partial charge >= 0.3 is 0 Å². The molecule has 0 saturated heterocycles. The lowest BCUT2D eigenvalue weighted by Crippen LogP contribution is -2.42. The van der Waals surface area contributed by atoms with Crippen molar-refractivity contribution in [3.05, 3.63) is 0 Å². The third-order valence-corrected chi connectivity index (χ3v) is 2.63. The average Bonchev–Trinajstić information content (AvgIpc) is 2.27. The second-order valence-electron chi connectivity index (χ2n) is 4.48. The molecule has 0 aliphatic rings. The summed E-state index contributed by atoms with van der Waals surface area (Å²) in [6.45, 7) is 4.69. The highest BCUT2D eigenvalue weighted by molar-refractivity contribution is 5.84. The first-order chi connectivity index (χ1) is 7.92. The van der Waals surface area contributed by atoms with Crippen molar-refractivity contribution in [2.45, 2.75) is 39.2 Å². The zero-order chi connectivity index (χ0) is 13.4. The van der Waals surface area contributed by atoms with Gasteiger partial charge in [-0.05, 0) is 12.8 Å². The molecule has 0 bridgehead atoms. The Morgan fingerprint density at radius 1 is 1.18 bits per heavy atom. The van der Waals surface area contributed by atoms with E-state index in [1.54, 1.807) is 19.0 Å². The van der Waals surface area contributed by atoms with Crippen LogP contribution in [0.5, 0.6) is 0 Å². The Labute approximate surface area is 104 Å². The average molecular weight is 243 g/mol. The molecule has 0 rings (SSSR count). The SMILES string of the molecule is CCCN(CC(=O)N(C)C)C(=O)CC(N)CC. The standard InChI is InChI=1S/C12H25N3O2/c1-5-7-15(9-12(17)14(3)4)11(16)8-10(13)6-2/h10H,5-9,13H2,1-4H3. The topological polar surface area (TPSA) is 66.6 Å². The smallest absolute Gasteiger partial charge is 0.241 e. The second kappa shape index (κ2) is 8.06. The molecule has 1 atom stereocenters. The first-order valence-electron chi connectivity index (χ1n) is 6.15. The molecule has 0 aliphatic heterocycles. The lowest BCUT2D eigenvalue weighted by Gasteiger charge is -2.24. The predicted molar refractivity (Wildman–Crippen MR) is 68.4 cm³/mol. The number of hydrogen-bond acceptors (Lipinski definition) is 3. The van der Waals surface area contributed by atoms with E-state index in [1.807, 2.05) is 13.8 Å². The molecule has 0 aromatic heterocycles. The first-order valence-corrected chi connectivity index (χ1v) is 6.15. The Kier molecular flexibility index (Phi) is 7.54. The summed E-state index contributed by atoms with van der Waals surface area (Å²) in [7, 11) is 3.38. The zero-order valence-corrected chi connectivity index (χ0v) is 11.4. The van der Waals surface area contributed by atoms with Crippen LogP contribution >= 0.6 is 0 Å². The van der Waals surface area contributed by atoms with E-state index in [4.69, 9.17) is 5.73 Å². The maximum atomic E-state index is 11.9. The van der Waals surface area contributed by atoms with Crippen LogP contribution in [-0.2, 0) is 9.59 Å². The van der Waals surface area contributed by atoms with Gasteiger partial charge in [-0.15, -0.1) is 0 Å². The Hall–Kier alpha value is -1.10. The molecule has 5 heteroatoms. The fourth-order valence-corrected chi connectivity index (χ4v) is 1.36. The van der Waals surface area contributed by atoms with E-state index < -0.39 is 0 Å². The first kappa shape index (κ1) is 15.9. The summed E-state index contributed by atoms with van der Waals surface area (Å²) in [6, 6.07) is -0.115. The molecular formula is C12H25N3O2. The summed E-state index contributed by atoms with van der Waals surface area (Å²) in [5.41, 5.74) is 5.76. The second-order valence-corrected chi connectivity index (χ2v) is 4.48. The monoisotopic (exact) mass is 243 g/mol. The number of carbonyl (C=O) groups is 2. The lowest BCUT2D eigenvalue weighted by molar-refractivity contribution is -0.139. The van der Waals surface area contributed by atoms with Gasteiger partial charge in [0, 0.05) is 33.1 Å². The molecule has 100 valence electrons. The van der Waals surface area contributed by atoms with Gasteiger partial charge in [0.15, 0.2) is 0 Å². The van der Waals surface area contributed by atoms with Crippen LogP contribution in [0.4, 0.5) is 0 Å². The van der Waals surface area contributed by atoms with Gasteiger partial charge in [0.25, 0.3) is 0 Å². The molecule has 0 spiro atoms. The lowest BCUT2D eigenvalue weighted by atomic mass is 10.1. The molecule has 2 N–H and O–H groups in total. The van der Waals surface area contributed by atoms with Crippen LogP contribution in [-0.4, -0.2) is 54.8 Å². The van der Waals surface area contributed by atoms with Gasteiger partial charge in [-0.3, -0.25) is 9.59 Å². The van der Waals surface area contributed by atoms with Gasteiger partial charge in [-0.1, -0.05) is 13.8 Å². The number of hydrogen-bond donors (Lipinski definition) is 1. The van der Waals surface area contributed by atoms with Crippen LogP contribution in [0.2, 0.25) is 0 Å². The summed E-state index contributed by atoms with van der Waals surface area (Å²) in [4.78, 5) is 26.6. The summed E-state index contributed by atoms with van der Waals surface area (Å²) < 4.78 is 0. The highest BCUT2D eigenvalue weighted by Crippen LogP contribution is 2.02.